The molecule has 1 unspecified atom stereocenters. The Hall–Kier alpha value is -3.36. The van der Waals surface area contributed by atoms with E-state index in [1.165, 1.54) is 0 Å². The Labute approximate surface area is 191 Å². The number of benzene rings is 2. The molecule has 0 fully saturated rings. The zero-order chi connectivity index (χ0) is 22.4. The Morgan fingerprint density at radius 1 is 1.16 bits per heavy atom. The van der Waals surface area contributed by atoms with Crippen LogP contribution in [0.15, 0.2) is 81.5 Å². The fourth-order valence-electron chi connectivity index (χ4n) is 4.08. The number of hydrogen-bond donors (Lipinski definition) is 1. The number of para-hydroxylation sites is 1. The zero-order valence-corrected chi connectivity index (χ0v) is 18.6. The second-order valence-electron chi connectivity index (χ2n) is 7.50. The van der Waals surface area contributed by atoms with Crippen LogP contribution in [0.25, 0.3) is 22.1 Å². The summed E-state index contributed by atoms with van der Waals surface area (Å²) in [5.74, 6) is 0.0131. The standard InChI is InChI=1S/C25H16ClN2O3P/c1-13-10-20(26)28-11-17(13)14-6-8-15(9-7-14)21-18(12-32)24(27)31-23-16-4-2-3-5-19(16)30-25(29)22(21)23/h2-11,21H,27H2,1H3. The van der Waals surface area contributed by atoms with Crippen LogP contribution >= 0.6 is 20.3 Å². The first kappa shape index (κ1) is 20.5. The van der Waals surface area contributed by atoms with Gasteiger partial charge in [0.1, 0.15) is 0 Å². The summed E-state index contributed by atoms with van der Waals surface area (Å²) in [6, 6.07) is 16.8. The minimum atomic E-state index is -0.532. The molecule has 1 aliphatic rings. The molecule has 2 aromatic carbocycles. The number of halogens is 1. The third kappa shape index (κ3) is 3.32. The van der Waals surface area contributed by atoms with Gasteiger partial charge in [-0.15, -0.1) is 0 Å². The quantitative estimate of drug-likeness (QED) is 0.230. The number of nitrogens with two attached hydrogens (primary N) is 1. The Morgan fingerprint density at radius 2 is 1.91 bits per heavy atom. The van der Waals surface area contributed by atoms with Crippen LogP contribution in [0.1, 0.15) is 22.6 Å². The molecule has 0 spiro atoms. The molecule has 3 heterocycles. The number of ether oxygens (including phenoxy) is 1. The average molecular weight is 459 g/mol. The molecule has 0 amide bonds. The fourth-order valence-corrected chi connectivity index (χ4v) is 4.53. The van der Waals surface area contributed by atoms with E-state index in [1.54, 1.807) is 18.3 Å². The summed E-state index contributed by atoms with van der Waals surface area (Å²) in [4.78, 5) is 17.2. The van der Waals surface area contributed by atoms with Gasteiger partial charge in [-0.05, 0) is 0 Å². The van der Waals surface area contributed by atoms with Gasteiger partial charge in [0, 0.05) is 0 Å². The van der Waals surface area contributed by atoms with Crippen molar-refractivity contribution in [2.75, 3.05) is 0 Å². The second kappa shape index (κ2) is 7.96. The summed E-state index contributed by atoms with van der Waals surface area (Å²) < 4.78 is 11.5. The van der Waals surface area contributed by atoms with Gasteiger partial charge < -0.3 is 0 Å². The van der Waals surface area contributed by atoms with Gasteiger partial charge in [-0.3, -0.25) is 0 Å². The van der Waals surface area contributed by atoms with Gasteiger partial charge in [-0.1, -0.05) is 0 Å². The molecule has 32 heavy (non-hydrogen) atoms. The van der Waals surface area contributed by atoms with Crippen molar-refractivity contribution in [2.24, 2.45) is 5.73 Å². The summed E-state index contributed by atoms with van der Waals surface area (Å²) >= 11 is 5.99. The molecule has 1 atom stereocenters. The third-order valence-electron chi connectivity index (χ3n) is 5.61. The van der Waals surface area contributed by atoms with E-state index in [-0.39, 0.29) is 5.88 Å². The van der Waals surface area contributed by atoms with E-state index in [2.05, 4.69) is 19.3 Å². The molecular weight excluding hydrogens is 443 g/mol. The van der Waals surface area contributed by atoms with Crippen LogP contribution in [0.4, 0.5) is 0 Å². The second-order valence-corrected chi connectivity index (χ2v) is 8.11. The number of allylic oxidation sites excluding steroid dienone is 1. The molecule has 0 bridgehead atoms. The van der Waals surface area contributed by atoms with E-state index in [9.17, 15) is 4.79 Å². The first-order chi connectivity index (χ1) is 15.5. The molecule has 7 heteroatoms. The van der Waals surface area contributed by atoms with E-state index in [0.29, 0.717) is 33.0 Å². The summed E-state index contributed by atoms with van der Waals surface area (Å²) in [5, 5.41) is 1.12. The van der Waals surface area contributed by atoms with Crippen LogP contribution in [0.3, 0.4) is 0 Å². The van der Waals surface area contributed by atoms with E-state index in [0.717, 1.165) is 22.3 Å². The average Bonchev–Trinajstić information content (AvgIpc) is 2.78. The van der Waals surface area contributed by atoms with Crippen LogP contribution in [-0.2, 0) is 0 Å². The maximum absolute atomic E-state index is 13.0. The first-order valence-corrected chi connectivity index (χ1v) is 10.7. The van der Waals surface area contributed by atoms with Crippen molar-refractivity contribution >= 4 is 31.3 Å². The van der Waals surface area contributed by atoms with Gasteiger partial charge in [-0.25, -0.2) is 0 Å². The van der Waals surface area contributed by atoms with Gasteiger partial charge in [0.05, 0.1) is 0 Å². The Bertz CT molecular complexity index is 1520. The number of aromatic nitrogens is 1. The molecular formula is C25H16ClN2O3P. The third-order valence-corrected chi connectivity index (χ3v) is 6.05. The molecule has 0 aliphatic carbocycles. The molecule has 1 aliphatic heterocycles. The van der Waals surface area contributed by atoms with Crippen LogP contribution in [0, 0.1) is 12.6 Å². The number of hydrogen-bond acceptors (Lipinski definition) is 5. The summed E-state index contributed by atoms with van der Waals surface area (Å²) in [6.07, 6.45) is 1.75. The summed E-state index contributed by atoms with van der Waals surface area (Å²) in [7, 11) is 4.21. The molecule has 2 aromatic heterocycles. The van der Waals surface area contributed by atoms with E-state index in [1.807, 2.05) is 49.4 Å². The predicted molar refractivity (Wildman–Crippen MR) is 126 cm³/mol. The van der Waals surface area contributed by atoms with Crippen molar-refractivity contribution in [2.45, 2.75) is 12.8 Å². The molecule has 156 valence electrons. The van der Waals surface area contributed by atoms with Crippen molar-refractivity contribution in [3.05, 3.63) is 105 Å². The maximum atomic E-state index is 13.0. The van der Waals surface area contributed by atoms with Crippen molar-refractivity contribution in [3.8, 4) is 22.5 Å². The summed E-state index contributed by atoms with van der Waals surface area (Å²) in [6.45, 7) is 1.98. The molecule has 0 saturated heterocycles. The number of aryl methyl sites for hydroxylation is 1. The number of nitrogens with zero attached hydrogens (tertiary/aromatic N) is 1. The number of pyridine rings is 1. The topological polar surface area (TPSA) is 78.4 Å². The van der Waals surface area contributed by atoms with Gasteiger partial charge in [0.25, 0.3) is 0 Å². The molecule has 5 nitrogen and oxygen atoms in total. The normalized spacial score (nSPS) is 15.2. The molecule has 2 N–H and O–H groups in total. The first-order valence-electron chi connectivity index (χ1n) is 9.83. The molecule has 5 rings (SSSR count). The Kier molecular flexibility index (Phi) is 5.11. The Balaban J connectivity index is 1.69. The molecule has 0 saturated carbocycles. The minimum absolute atomic E-state index is 0.148. The van der Waals surface area contributed by atoms with Crippen LogP contribution in [-0.4, -0.2) is 4.98 Å². The van der Waals surface area contributed by atoms with Crippen LogP contribution < -0.4 is 16.1 Å². The van der Waals surface area contributed by atoms with Crippen LogP contribution in [0.2, 0.25) is 5.15 Å². The zero-order valence-electron chi connectivity index (χ0n) is 16.9. The van der Waals surface area contributed by atoms with Crippen molar-refractivity contribution in [3.63, 3.8) is 0 Å². The van der Waals surface area contributed by atoms with Gasteiger partial charge in [0.15, 0.2) is 0 Å². The van der Waals surface area contributed by atoms with E-state index < -0.39 is 11.5 Å². The monoisotopic (exact) mass is 458 g/mol. The van der Waals surface area contributed by atoms with E-state index in [4.69, 9.17) is 26.5 Å². The van der Waals surface area contributed by atoms with Crippen molar-refractivity contribution < 1.29 is 9.15 Å². The van der Waals surface area contributed by atoms with Crippen molar-refractivity contribution in [1.29, 1.82) is 0 Å². The van der Waals surface area contributed by atoms with Gasteiger partial charge >= 0.3 is 191 Å². The van der Waals surface area contributed by atoms with Gasteiger partial charge in [-0.2, -0.15) is 0 Å². The van der Waals surface area contributed by atoms with E-state index >= 15 is 0 Å². The Morgan fingerprint density at radius 3 is 2.62 bits per heavy atom. The van der Waals surface area contributed by atoms with Crippen LogP contribution in [0.5, 0.6) is 5.75 Å². The van der Waals surface area contributed by atoms with Crippen molar-refractivity contribution in [1.82, 2.24) is 4.98 Å². The fraction of sp³-hybridized carbons (Fsp3) is 0.0800. The SMILES string of the molecule is Cc1cc(Cl)ncc1-c1ccc(C2C(C#P)=C(N)Oc3c2c(=O)oc2ccccc32)cc1. The molecule has 0 radical (unpaired) electrons. The molecule has 4 aromatic rings. The summed E-state index contributed by atoms with van der Waals surface area (Å²) in [5.41, 5.74) is 13.6. The number of rotatable bonds is 2. The predicted octanol–water partition coefficient (Wildman–Crippen LogP) is 5.88. The van der Waals surface area contributed by atoms with Gasteiger partial charge in [0.2, 0.25) is 0 Å². The number of fused-ring (bicyclic) bond motifs is 3.